The summed E-state index contributed by atoms with van der Waals surface area (Å²) in [5.41, 5.74) is 1.26. The lowest BCUT2D eigenvalue weighted by Crippen LogP contribution is -2.19. The van der Waals surface area contributed by atoms with Gasteiger partial charge in [-0.2, -0.15) is 0 Å². The van der Waals surface area contributed by atoms with E-state index in [1.165, 1.54) is 11.9 Å². The number of amides is 2. The highest BCUT2D eigenvalue weighted by Crippen LogP contribution is 2.26. The summed E-state index contributed by atoms with van der Waals surface area (Å²) in [5, 5.41) is 2.52. The molecule has 1 heterocycles. The normalized spacial score (nSPS) is 10.2. The van der Waals surface area contributed by atoms with Gasteiger partial charge in [-0.1, -0.05) is 29.5 Å². The van der Waals surface area contributed by atoms with Gasteiger partial charge in [-0.15, -0.1) is 0 Å². The van der Waals surface area contributed by atoms with Gasteiger partial charge in [-0.3, -0.25) is 14.5 Å². The molecule has 2 rings (SSSR count). The first-order valence-electron chi connectivity index (χ1n) is 5.76. The molecule has 0 atom stereocenters. The first kappa shape index (κ1) is 14.5. The summed E-state index contributed by atoms with van der Waals surface area (Å²) in [7, 11) is 1.51. The minimum Gasteiger partial charge on any atom is -0.321 e. The summed E-state index contributed by atoms with van der Waals surface area (Å²) in [5.74, 6) is -0.257. The standard InChI is InChI=1S/C13H12ClN3O2S/c1-8-10(20-13(15-8)17(2)12(14)19)11(18)16-9-6-4-3-5-7-9/h3-7H,1-2H3,(H,16,18). The molecule has 1 N–H and O–H groups in total. The van der Waals surface area contributed by atoms with Crippen molar-refractivity contribution in [3.8, 4) is 0 Å². The third-order valence-corrected chi connectivity index (χ3v) is 4.06. The predicted molar refractivity (Wildman–Crippen MR) is 80.9 cm³/mol. The molecule has 0 saturated heterocycles. The van der Waals surface area contributed by atoms with Crippen LogP contribution in [0.15, 0.2) is 30.3 Å². The number of carbonyl (C=O) groups is 2. The second-order valence-corrected chi connectivity index (χ2v) is 5.34. The van der Waals surface area contributed by atoms with Gasteiger partial charge in [0.1, 0.15) is 4.88 Å². The molecule has 0 radical (unpaired) electrons. The summed E-state index contributed by atoms with van der Waals surface area (Å²) in [6, 6.07) is 9.13. The van der Waals surface area contributed by atoms with Gasteiger partial charge in [0, 0.05) is 12.7 Å². The van der Waals surface area contributed by atoms with Crippen LogP contribution in [0.25, 0.3) is 0 Å². The number of anilines is 2. The third kappa shape index (κ3) is 3.15. The fraction of sp³-hybridized carbons (Fsp3) is 0.154. The van der Waals surface area contributed by atoms with Crippen LogP contribution < -0.4 is 10.2 Å². The molecule has 0 aliphatic heterocycles. The second-order valence-electron chi connectivity index (χ2n) is 4.04. The molecule has 0 saturated carbocycles. The van der Waals surface area contributed by atoms with Crippen LogP contribution in [0.2, 0.25) is 0 Å². The Morgan fingerprint density at radius 1 is 1.30 bits per heavy atom. The summed E-state index contributed by atoms with van der Waals surface area (Å²) >= 11 is 6.51. The molecule has 0 aliphatic rings. The van der Waals surface area contributed by atoms with E-state index < -0.39 is 5.37 Å². The van der Waals surface area contributed by atoms with Crippen LogP contribution in [0.1, 0.15) is 15.4 Å². The molecule has 2 aromatic rings. The maximum atomic E-state index is 12.2. The van der Waals surface area contributed by atoms with Crippen molar-refractivity contribution in [2.45, 2.75) is 6.92 Å². The van der Waals surface area contributed by atoms with Crippen molar-refractivity contribution in [3.05, 3.63) is 40.9 Å². The van der Waals surface area contributed by atoms with E-state index >= 15 is 0 Å². The monoisotopic (exact) mass is 309 g/mol. The predicted octanol–water partition coefficient (Wildman–Crippen LogP) is 3.50. The van der Waals surface area contributed by atoms with E-state index in [0.717, 1.165) is 11.3 Å². The van der Waals surface area contributed by atoms with Crippen molar-refractivity contribution >= 4 is 45.0 Å². The summed E-state index contributed by atoms with van der Waals surface area (Å²) in [6.07, 6.45) is 0. The number of thiazole rings is 1. The number of nitrogens with one attached hydrogen (secondary N) is 1. The van der Waals surface area contributed by atoms with Crippen LogP contribution in [-0.4, -0.2) is 23.3 Å². The van der Waals surface area contributed by atoms with Gasteiger partial charge in [0.2, 0.25) is 0 Å². The molecule has 2 amide bonds. The number of hydrogen-bond acceptors (Lipinski definition) is 4. The van der Waals surface area contributed by atoms with E-state index in [-0.39, 0.29) is 5.91 Å². The van der Waals surface area contributed by atoms with Crippen LogP contribution >= 0.6 is 22.9 Å². The molecule has 0 fully saturated rings. The minimum absolute atomic E-state index is 0.257. The third-order valence-electron chi connectivity index (χ3n) is 2.57. The SMILES string of the molecule is Cc1nc(N(C)C(=O)Cl)sc1C(=O)Nc1ccccc1. The van der Waals surface area contributed by atoms with Crippen LogP contribution in [0.5, 0.6) is 0 Å². The molecule has 5 nitrogen and oxygen atoms in total. The Morgan fingerprint density at radius 3 is 2.55 bits per heavy atom. The Balaban J connectivity index is 2.21. The van der Waals surface area contributed by atoms with E-state index in [4.69, 9.17) is 11.6 Å². The highest BCUT2D eigenvalue weighted by molar-refractivity contribution is 7.18. The average Bonchev–Trinajstić information content (AvgIpc) is 2.81. The minimum atomic E-state index is -0.645. The molecule has 1 aromatic carbocycles. The van der Waals surface area contributed by atoms with Gasteiger partial charge in [-0.05, 0) is 30.7 Å². The summed E-state index contributed by atoms with van der Waals surface area (Å²) < 4.78 is 0. The lowest BCUT2D eigenvalue weighted by atomic mass is 10.3. The molecule has 0 unspecified atom stereocenters. The maximum absolute atomic E-state index is 12.2. The fourth-order valence-corrected chi connectivity index (χ4v) is 2.57. The van der Waals surface area contributed by atoms with E-state index in [1.54, 1.807) is 19.1 Å². The van der Waals surface area contributed by atoms with Crippen molar-refractivity contribution in [1.82, 2.24) is 4.98 Å². The summed E-state index contributed by atoms with van der Waals surface area (Å²) in [6.45, 7) is 1.71. The highest BCUT2D eigenvalue weighted by Gasteiger charge is 2.19. The number of carbonyl (C=O) groups excluding carboxylic acids is 2. The molecular formula is C13H12ClN3O2S. The van der Waals surface area contributed by atoms with Gasteiger partial charge in [0.05, 0.1) is 5.69 Å². The zero-order valence-corrected chi connectivity index (χ0v) is 12.5. The van der Waals surface area contributed by atoms with Crippen LogP contribution in [0.4, 0.5) is 15.6 Å². The first-order chi connectivity index (χ1) is 9.49. The van der Waals surface area contributed by atoms with E-state index in [9.17, 15) is 9.59 Å². The van der Waals surface area contributed by atoms with E-state index in [1.807, 2.05) is 18.2 Å². The molecule has 1 aromatic heterocycles. The van der Waals surface area contributed by atoms with Crippen molar-refractivity contribution in [2.24, 2.45) is 0 Å². The zero-order valence-electron chi connectivity index (χ0n) is 10.9. The van der Waals surface area contributed by atoms with Crippen molar-refractivity contribution in [1.29, 1.82) is 0 Å². The number of rotatable bonds is 3. The smallest absolute Gasteiger partial charge is 0.321 e. The Morgan fingerprint density at radius 2 is 1.95 bits per heavy atom. The number of halogens is 1. The van der Waals surface area contributed by atoms with Gasteiger partial charge in [0.15, 0.2) is 5.13 Å². The number of hydrogen-bond donors (Lipinski definition) is 1. The lowest BCUT2D eigenvalue weighted by molar-refractivity contribution is 0.103. The average molecular weight is 310 g/mol. The Kier molecular flexibility index (Phi) is 4.36. The zero-order chi connectivity index (χ0) is 14.7. The Hall–Kier alpha value is -1.92. The topological polar surface area (TPSA) is 62.3 Å². The second kappa shape index (κ2) is 6.02. The van der Waals surface area contributed by atoms with Crippen LogP contribution in [-0.2, 0) is 0 Å². The van der Waals surface area contributed by atoms with Crippen molar-refractivity contribution < 1.29 is 9.59 Å². The van der Waals surface area contributed by atoms with Gasteiger partial charge in [0.25, 0.3) is 5.91 Å². The molecular weight excluding hydrogens is 298 g/mol. The number of nitrogens with zero attached hydrogens (tertiary/aromatic N) is 2. The Bertz CT molecular complexity index is 642. The lowest BCUT2D eigenvalue weighted by Gasteiger charge is -2.07. The molecule has 0 spiro atoms. The maximum Gasteiger partial charge on any atom is 0.322 e. The van der Waals surface area contributed by atoms with Gasteiger partial charge >= 0.3 is 5.37 Å². The molecule has 104 valence electrons. The number of aryl methyl sites for hydroxylation is 1. The summed E-state index contributed by atoms with van der Waals surface area (Å²) in [4.78, 5) is 29.1. The first-order valence-corrected chi connectivity index (χ1v) is 6.95. The highest BCUT2D eigenvalue weighted by atomic mass is 35.5. The molecule has 0 aliphatic carbocycles. The molecule has 20 heavy (non-hydrogen) atoms. The number of para-hydroxylation sites is 1. The van der Waals surface area contributed by atoms with E-state index in [2.05, 4.69) is 10.3 Å². The van der Waals surface area contributed by atoms with Gasteiger partial charge < -0.3 is 5.32 Å². The van der Waals surface area contributed by atoms with Crippen molar-refractivity contribution in [2.75, 3.05) is 17.3 Å². The van der Waals surface area contributed by atoms with Crippen LogP contribution in [0, 0.1) is 6.92 Å². The Labute approximate surface area is 125 Å². The number of benzene rings is 1. The fourth-order valence-electron chi connectivity index (χ4n) is 1.52. The van der Waals surface area contributed by atoms with Gasteiger partial charge in [-0.25, -0.2) is 4.98 Å². The van der Waals surface area contributed by atoms with Crippen LogP contribution in [0.3, 0.4) is 0 Å². The quantitative estimate of drug-likeness (QED) is 0.697. The largest absolute Gasteiger partial charge is 0.322 e. The van der Waals surface area contributed by atoms with Crippen molar-refractivity contribution in [3.63, 3.8) is 0 Å². The molecule has 0 bridgehead atoms. The number of aromatic nitrogens is 1. The molecule has 7 heteroatoms. The van der Waals surface area contributed by atoms with E-state index in [0.29, 0.717) is 21.4 Å².